The monoisotopic (exact) mass is 427 g/mol. The van der Waals surface area contributed by atoms with Crippen molar-refractivity contribution in [3.63, 3.8) is 0 Å². The van der Waals surface area contributed by atoms with E-state index in [1.807, 2.05) is 19.9 Å². The van der Waals surface area contributed by atoms with Crippen molar-refractivity contribution in [2.75, 3.05) is 19.8 Å². The normalized spacial score (nSPS) is 18.3. The van der Waals surface area contributed by atoms with E-state index in [4.69, 9.17) is 21.1 Å². The number of hydrogen-bond donors (Lipinski definition) is 1. The van der Waals surface area contributed by atoms with Crippen LogP contribution in [0.1, 0.15) is 44.7 Å². The van der Waals surface area contributed by atoms with Gasteiger partial charge in [-0.1, -0.05) is 11.6 Å². The third-order valence-corrected chi connectivity index (χ3v) is 5.99. The number of hydrogen-bond acceptors (Lipinski definition) is 5. The third kappa shape index (κ3) is 3.69. The molecule has 0 spiro atoms. The number of carbonyl (C=O) groups is 1. The van der Waals surface area contributed by atoms with Crippen LogP contribution in [0.25, 0.3) is 0 Å². The van der Waals surface area contributed by atoms with Crippen LogP contribution in [0, 0.1) is 25.2 Å². The summed E-state index contributed by atoms with van der Waals surface area (Å²) in [4.78, 5) is 30.1. The van der Waals surface area contributed by atoms with E-state index in [-0.39, 0.29) is 34.7 Å². The highest BCUT2D eigenvalue weighted by molar-refractivity contribution is 6.35. The molecule has 0 saturated carbocycles. The molecule has 1 fully saturated rings. The lowest BCUT2D eigenvalue weighted by atomic mass is 9.93. The first kappa shape index (κ1) is 20.5. The van der Waals surface area contributed by atoms with Crippen molar-refractivity contribution < 1.29 is 14.3 Å². The Kier molecular flexibility index (Phi) is 5.54. The van der Waals surface area contributed by atoms with Crippen LogP contribution in [0.3, 0.4) is 0 Å². The number of halogens is 1. The summed E-state index contributed by atoms with van der Waals surface area (Å²) >= 11 is 6.59. The van der Waals surface area contributed by atoms with Crippen LogP contribution in [0.2, 0.25) is 5.02 Å². The number of pyridine rings is 1. The zero-order chi connectivity index (χ0) is 21.4. The highest BCUT2D eigenvalue weighted by Gasteiger charge is 2.32. The Bertz CT molecular complexity index is 1110. The lowest BCUT2D eigenvalue weighted by Gasteiger charge is -2.30. The zero-order valence-corrected chi connectivity index (χ0v) is 17.6. The number of amides is 1. The first-order chi connectivity index (χ1) is 14.4. The van der Waals surface area contributed by atoms with Gasteiger partial charge in [-0.05, 0) is 43.5 Å². The average Bonchev–Trinajstić information content (AvgIpc) is 3.21. The van der Waals surface area contributed by atoms with Crippen molar-refractivity contribution in [3.05, 3.63) is 61.0 Å². The minimum Gasteiger partial charge on any atom is -0.486 e. The van der Waals surface area contributed by atoms with E-state index in [9.17, 15) is 14.9 Å². The molecule has 8 heteroatoms. The summed E-state index contributed by atoms with van der Waals surface area (Å²) in [5, 5.41) is 9.82. The second-order valence-corrected chi connectivity index (χ2v) is 8.10. The van der Waals surface area contributed by atoms with Crippen LogP contribution in [-0.2, 0) is 17.7 Å². The number of H-pyrrole nitrogens is 1. The Morgan fingerprint density at radius 2 is 2.17 bits per heavy atom. The first-order valence-electron chi connectivity index (χ1n) is 9.87. The molecule has 2 aliphatic rings. The minimum atomic E-state index is -0.301. The number of ether oxygens (including phenoxy) is 2. The topological polar surface area (TPSA) is 95.4 Å². The van der Waals surface area contributed by atoms with Crippen LogP contribution < -0.4 is 10.3 Å². The standard InChI is InChI=1S/C22H22ClN3O4/c1-12-7-13(2)25-21(27)17(12)10-26-5-3-16-14(9-24)8-18(20(23)19(16)22(26)28)30-15-4-6-29-11-15/h7-8,15H,3-6,10-11H2,1-2H3,(H,25,27)/t15-/m1/s1. The van der Waals surface area contributed by atoms with Gasteiger partial charge in [-0.2, -0.15) is 5.26 Å². The highest BCUT2D eigenvalue weighted by Crippen LogP contribution is 2.38. The van der Waals surface area contributed by atoms with E-state index in [1.165, 1.54) is 0 Å². The van der Waals surface area contributed by atoms with Crippen LogP contribution in [0.15, 0.2) is 16.9 Å². The van der Waals surface area contributed by atoms with Gasteiger partial charge >= 0.3 is 0 Å². The molecule has 0 bridgehead atoms. The molecular weight excluding hydrogens is 406 g/mol. The second-order valence-electron chi connectivity index (χ2n) is 7.72. The van der Waals surface area contributed by atoms with Crippen molar-refractivity contribution >= 4 is 17.5 Å². The summed E-state index contributed by atoms with van der Waals surface area (Å²) in [6, 6.07) is 5.65. The van der Waals surface area contributed by atoms with Crippen molar-refractivity contribution in [2.45, 2.75) is 39.3 Å². The third-order valence-electron chi connectivity index (χ3n) is 5.62. The van der Waals surface area contributed by atoms with Crippen molar-refractivity contribution in [2.24, 2.45) is 0 Å². The highest BCUT2D eigenvalue weighted by atomic mass is 35.5. The van der Waals surface area contributed by atoms with E-state index in [2.05, 4.69) is 11.1 Å². The summed E-state index contributed by atoms with van der Waals surface area (Å²) in [6.07, 6.45) is 1.06. The van der Waals surface area contributed by atoms with Gasteiger partial charge in [0.15, 0.2) is 0 Å². The number of fused-ring (bicyclic) bond motifs is 1. The molecule has 1 N–H and O–H groups in total. The number of nitriles is 1. The lowest BCUT2D eigenvalue weighted by Crippen LogP contribution is -2.39. The fourth-order valence-electron chi connectivity index (χ4n) is 4.05. The molecule has 2 aliphatic heterocycles. The number of rotatable bonds is 4. The fraction of sp³-hybridized carbons (Fsp3) is 0.409. The number of benzene rings is 1. The predicted octanol–water partition coefficient (Wildman–Crippen LogP) is 2.88. The minimum absolute atomic E-state index is 0.157. The van der Waals surface area contributed by atoms with Crippen LogP contribution >= 0.6 is 11.6 Å². The Morgan fingerprint density at radius 3 is 2.83 bits per heavy atom. The molecule has 2 aromatic rings. The van der Waals surface area contributed by atoms with Crippen LogP contribution in [-0.4, -0.2) is 41.7 Å². The maximum atomic E-state index is 13.3. The second kappa shape index (κ2) is 8.13. The summed E-state index contributed by atoms with van der Waals surface area (Å²) in [5.41, 5.74) is 3.26. The summed E-state index contributed by atoms with van der Waals surface area (Å²) in [5.74, 6) is 0.0206. The fourth-order valence-corrected chi connectivity index (χ4v) is 4.35. The number of nitrogens with zero attached hydrogens (tertiary/aromatic N) is 2. The predicted molar refractivity (Wildman–Crippen MR) is 111 cm³/mol. The van der Waals surface area contributed by atoms with Gasteiger partial charge in [0.2, 0.25) is 0 Å². The zero-order valence-electron chi connectivity index (χ0n) is 16.9. The molecule has 4 rings (SSSR count). The summed E-state index contributed by atoms with van der Waals surface area (Å²) < 4.78 is 11.3. The van der Waals surface area contributed by atoms with Gasteiger partial charge in [-0.25, -0.2) is 0 Å². The average molecular weight is 428 g/mol. The molecule has 3 heterocycles. The molecule has 1 amide bonds. The van der Waals surface area contributed by atoms with Gasteiger partial charge in [-0.3, -0.25) is 9.59 Å². The molecule has 0 radical (unpaired) electrons. The first-order valence-corrected chi connectivity index (χ1v) is 10.3. The maximum absolute atomic E-state index is 13.3. The van der Waals surface area contributed by atoms with Gasteiger partial charge in [-0.15, -0.1) is 0 Å². The largest absolute Gasteiger partial charge is 0.486 e. The van der Waals surface area contributed by atoms with E-state index < -0.39 is 0 Å². The quantitative estimate of drug-likeness (QED) is 0.809. The number of carbonyl (C=O) groups excluding carboxylic acids is 1. The number of aryl methyl sites for hydroxylation is 2. The van der Waals surface area contributed by atoms with E-state index in [1.54, 1.807) is 11.0 Å². The molecule has 1 saturated heterocycles. The molecule has 1 atom stereocenters. The number of aromatic amines is 1. The van der Waals surface area contributed by atoms with E-state index >= 15 is 0 Å². The van der Waals surface area contributed by atoms with Gasteiger partial charge in [0.25, 0.3) is 11.5 Å². The molecule has 156 valence electrons. The van der Waals surface area contributed by atoms with Crippen LogP contribution in [0.4, 0.5) is 0 Å². The van der Waals surface area contributed by atoms with Gasteiger partial charge < -0.3 is 19.4 Å². The van der Waals surface area contributed by atoms with Crippen molar-refractivity contribution in [1.82, 2.24) is 9.88 Å². The molecule has 0 unspecified atom stereocenters. The van der Waals surface area contributed by atoms with Crippen LogP contribution in [0.5, 0.6) is 5.75 Å². The molecule has 0 aliphatic carbocycles. The summed E-state index contributed by atoms with van der Waals surface area (Å²) in [6.45, 7) is 5.32. The van der Waals surface area contributed by atoms with E-state index in [0.29, 0.717) is 48.6 Å². The Hall–Kier alpha value is -2.82. The molecule has 7 nitrogen and oxygen atoms in total. The van der Waals surface area contributed by atoms with Gasteiger partial charge in [0.1, 0.15) is 11.9 Å². The molecule has 1 aromatic carbocycles. The molecule has 1 aromatic heterocycles. The number of nitrogens with one attached hydrogen (secondary N) is 1. The van der Waals surface area contributed by atoms with Crippen molar-refractivity contribution in [3.8, 4) is 11.8 Å². The number of aromatic nitrogens is 1. The maximum Gasteiger partial charge on any atom is 0.256 e. The Balaban J connectivity index is 1.69. The summed E-state index contributed by atoms with van der Waals surface area (Å²) in [7, 11) is 0. The Labute approximate surface area is 179 Å². The van der Waals surface area contributed by atoms with Gasteiger partial charge in [0.05, 0.1) is 42.0 Å². The SMILES string of the molecule is Cc1cc(C)c(CN2CCc3c(C#N)cc(O[C@@H]4CCOC4)c(Cl)c3C2=O)c(=O)[nH]1. The van der Waals surface area contributed by atoms with E-state index in [0.717, 1.165) is 17.7 Å². The van der Waals surface area contributed by atoms with Gasteiger partial charge in [0, 0.05) is 24.2 Å². The van der Waals surface area contributed by atoms with Crippen molar-refractivity contribution in [1.29, 1.82) is 5.26 Å². The smallest absolute Gasteiger partial charge is 0.256 e. The lowest BCUT2D eigenvalue weighted by molar-refractivity contribution is 0.0725. The molecule has 30 heavy (non-hydrogen) atoms. The molecular formula is C22H22ClN3O4. The Morgan fingerprint density at radius 1 is 1.37 bits per heavy atom.